The van der Waals surface area contributed by atoms with Crippen LogP contribution in [0.1, 0.15) is 42.6 Å². The molecule has 128 valence electrons. The fourth-order valence-electron chi connectivity index (χ4n) is 2.58. The van der Waals surface area contributed by atoms with Gasteiger partial charge in [-0.1, -0.05) is 6.92 Å². The lowest BCUT2D eigenvalue weighted by Gasteiger charge is -2.30. The van der Waals surface area contributed by atoms with Crippen molar-refractivity contribution in [3.05, 3.63) is 29.3 Å². The molecule has 0 unspecified atom stereocenters. The third-order valence-corrected chi connectivity index (χ3v) is 4.22. The number of hydrogen-bond acceptors (Lipinski definition) is 3. The number of carbonyl (C=O) groups excluding carboxylic acids is 2. The maximum absolute atomic E-state index is 12.5. The van der Waals surface area contributed by atoms with Crippen molar-refractivity contribution >= 4 is 29.9 Å². The minimum Gasteiger partial charge on any atom is -0.339 e. The molecule has 2 rings (SSSR count). The Morgan fingerprint density at radius 3 is 2.43 bits per heavy atom. The Hall–Kier alpha value is -1.59. The molecule has 0 aromatic heterocycles. The molecule has 1 aromatic rings. The fraction of sp³-hybridized carbons (Fsp3) is 0.529. The van der Waals surface area contributed by atoms with Crippen molar-refractivity contribution in [3.63, 3.8) is 0 Å². The summed E-state index contributed by atoms with van der Waals surface area (Å²) in [5.41, 5.74) is 7.79. The maximum Gasteiger partial charge on any atom is 0.253 e. The Morgan fingerprint density at radius 2 is 1.91 bits per heavy atom. The van der Waals surface area contributed by atoms with Gasteiger partial charge in [0.05, 0.1) is 6.04 Å². The van der Waals surface area contributed by atoms with E-state index in [1.165, 1.54) is 0 Å². The van der Waals surface area contributed by atoms with Gasteiger partial charge in [0.15, 0.2) is 0 Å². The first-order valence-electron chi connectivity index (χ1n) is 7.85. The van der Waals surface area contributed by atoms with E-state index in [-0.39, 0.29) is 24.2 Å². The van der Waals surface area contributed by atoms with E-state index < -0.39 is 6.04 Å². The molecular formula is C17H26ClN3O2. The quantitative estimate of drug-likeness (QED) is 0.888. The Morgan fingerprint density at radius 1 is 1.30 bits per heavy atom. The second-order valence-corrected chi connectivity index (χ2v) is 6.28. The van der Waals surface area contributed by atoms with Crippen molar-refractivity contribution in [1.29, 1.82) is 0 Å². The number of amides is 2. The lowest BCUT2D eigenvalue weighted by molar-refractivity contribution is -0.117. The number of nitrogens with two attached hydrogens (primary N) is 1. The van der Waals surface area contributed by atoms with Crippen molar-refractivity contribution in [2.24, 2.45) is 11.7 Å². The van der Waals surface area contributed by atoms with Crippen LogP contribution in [-0.4, -0.2) is 35.8 Å². The molecule has 1 fully saturated rings. The topological polar surface area (TPSA) is 75.4 Å². The molecule has 1 aliphatic rings. The molecule has 3 N–H and O–H groups in total. The zero-order valence-corrected chi connectivity index (χ0v) is 14.8. The van der Waals surface area contributed by atoms with Gasteiger partial charge in [0.1, 0.15) is 0 Å². The van der Waals surface area contributed by atoms with Gasteiger partial charge in [-0.2, -0.15) is 0 Å². The van der Waals surface area contributed by atoms with Crippen LogP contribution in [0.2, 0.25) is 0 Å². The number of benzene rings is 1. The normalized spacial score (nSPS) is 16.4. The fourth-order valence-corrected chi connectivity index (χ4v) is 2.58. The van der Waals surface area contributed by atoms with Crippen LogP contribution in [0.5, 0.6) is 0 Å². The van der Waals surface area contributed by atoms with E-state index in [9.17, 15) is 9.59 Å². The second kappa shape index (κ2) is 8.31. The summed E-state index contributed by atoms with van der Waals surface area (Å²) in [4.78, 5) is 26.1. The summed E-state index contributed by atoms with van der Waals surface area (Å²) in [5, 5.41) is 2.77. The largest absolute Gasteiger partial charge is 0.339 e. The Kier molecular flexibility index (Phi) is 7.03. The van der Waals surface area contributed by atoms with Crippen molar-refractivity contribution in [1.82, 2.24) is 4.90 Å². The zero-order valence-electron chi connectivity index (χ0n) is 14.0. The first kappa shape index (κ1) is 19.5. The van der Waals surface area contributed by atoms with Crippen LogP contribution in [0.25, 0.3) is 0 Å². The van der Waals surface area contributed by atoms with Gasteiger partial charge in [0.25, 0.3) is 5.91 Å². The Balaban J connectivity index is 0.00000264. The lowest BCUT2D eigenvalue weighted by atomic mass is 9.98. The molecule has 1 aliphatic heterocycles. The summed E-state index contributed by atoms with van der Waals surface area (Å²) < 4.78 is 0. The van der Waals surface area contributed by atoms with E-state index in [1.54, 1.807) is 19.1 Å². The van der Waals surface area contributed by atoms with E-state index in [4.69, 9.17) is 5.73 Å². The van der Waals surface area contributed by atoms with Crippen molar-refractivity contribution in [3.8, 4) is 0 Å². The number of nitrogens with one attached hydrogen (secondary N) is 1. The van der Waals surface area contributed by atoms with Crippen LogP contribution in [0.3, 0.4) is 0 Å². The van der Waals surface area contributed by atoms with Gasteiger partial charge in [-0.25, -0.2) is 0 Å². The van der Waals surface area contributed by atoms with E-state index in [1.807, 2.05) is 17.9 Å². The molecule has 23 heavy (non-hydrogen) atoms. The lowest BCUT2D eigenvalue weighted by Crippen LogP contribution is -2.38. The molecule has 1 saturated heterocycles. The molecule has 6 heteroatoms. The number of anilines is 1. The summed E-state index contributed by atoms with van der Waals surface area (Å²) in [7, 11) is 0. The van der Waals surface area contributed by atoms with Gasteiger partial charge in [-0.15, -0.1) is 12.4 Å². The number of hydrogen-bond donors (Lipinski definition) is 2. The first-order valence-corrected chi connectivity index (χ1v) is 7.85. The molecule has 1 atom stereocenters. The van der Waals surface area contributed by atoms with Crippen LogP contribution in [0, 0.1) is 12.8 Å². The maximum atomic E-state index is 12.5. The zero-order chi connectivity index (χ0) is 16.3. The monoisotopic (exact) mass is 339 g/mol. The number of rotatable bonds is 3. The highest BCUT2D eigenvalue weighted by Gasteiger charge is 2.21. The van der Waals surface area contributed by atoms with E-state index >= 15 is 0 Å². The van der Waals surface area contributed by atoms with Crippen LogP contribution in [0.4, 0.5) is 5.69 Å². The SMILES string of the molecule is Cc1cc(C(=O)N2CCC(C)CC2)ccc1NC(=O)[C@H](C)N.Cl. The van der Waals surface area contributed by atoms with Crippen molar-refractivity contribution in [2.45, 2.75) is 39.7 Å². The third kappa shape index (κ3) is 4.94. The molecule has 0 saturated carbocycles. The molecule has 2 amide bonds. The average Bonchev–Trinajstić information content (AvgIpc) is 2.49. The molecule has 0 bridgehead atoms. The Bertz CT molecular complexity index is 567. The van der Waals surface area contributed by atoms with Gasteiger partial charge in [-0.3, -0.25) is 9.59 Å². The number of halogens is 1. The molecule has 0 spiro atoms. The summed E-state index contributed by atoms with van der Waals surface area (Å²) in [6.07, 6.45) is 2.13. The summed E-state index contributed by atoms with van der Waals surface area (Å²) in [5.74, 6) is 0.536. The molecule has 5 nitrogen and oxygen atoms in total. The summed E-state index contributed by atoms with van der Waals surface area (Å²) in [6.45, 7) is 7.39. The molecular weight excluding hydrogens is 314 g/mol. The van der Waals surface area contributed by atoms with E-state index in [0.717, 1.165) is 31.5 Å². The number of carbonyl (C=O) groups is 2. The van der Waals surface area contributed by atoms with Gasteiger partial charge >= 0.3 is 0 Å². The minimum absolute atomic E-state index is 0. The number of piperidine rings is 1. The van der Waals surface area contributed by atoms with Crippen LogP contribution < -0.4 is 11.1 Å². The van der Waals surface area contributed by atoms with E-state index in [2.05, 4.69) is 12.2 Å². The second-order valence-electron chi connectivity index (χ2n) is 6.28. The molecule has 0 radical (unpaired) electrons. The standard InChI is InChI=1S/C17H25N3O2.ClH/c1-11-6-8-20(9-7-11)17(22)14-4-5-15(12(2)10-14)19-16(21)13(3)18;/h4-5,10-11,13H,6-9,18H2,1-3H3,(H,19,21);1H/t13-;/m0./s1. The predicted octanol–water partition coefficient (Wildman–Crippen LogP) is 2.57. The number of likely N-dealkylation sites (tertiary alicyclic amines) is 1. The number of nitrogens with zero attached hydrogens (tertiary/aromatic N) is 1. The average molecular weight is 340 g/mol. The Labute approximate surface area is 144 Å². The minimum atomic E-state index is -0.559. The van der Waals surface area contributed by atoms with Crippen LogP contribution in [-0.2, 0) is 4.79 Å². The smallest absolute Gasteiger partial charge is 0.253 e. The summed E-state index contributed by atoms with van der Waals surface area (Å²) >= 11 is 0. The van der Waals surface area contributed by atoms with Crippen molar-refractivity contribution < 1.29 is 9.59 Å². The summed E-state index contributed by atoms with van der Waals surface area (Å²) in [6, 6.07) is 4.81. The first-order chi connectivity index (χ1) is 10.4. The molecule has 1 heterocycles. The molecule has 0 aliphatic carbocycles. The van der Waals surface area contributed by atoms with Crippen LogP contribution >= 0.6 is 12.4 Å². The third-order valence-electron chi connectivity index (χ3n) is 4.22. The number of aryl methyl sites for hydroxylation is 1. The van der Waals surface area contributed by atoms with Crippen molar-refractivity contribution in [2.75, 3.05) is 18.4 Å². The van der Waals surface area contributed by atoms with E-state index in [0.29, 0.717) is 17.2 Å². The highest BCUT2D eigenvalue weighted by atomic mass is 35.5. The van der Waals surface area contributed by atoms with Gasteiger partial charge < -0.3 is 16.0 Å². The van der Waals surface area contributed by atoms with Crippen LogP contribution in [0.15, 0.2) is 18.2 Å². The van der Waals surface area contributed by atoms with Gasteiger partial charge in [-0.05, 0) is 56.4 Å². The van der Waals surface area contributed by atoms with Gasteiger partial charge in [0, 0.05) is 24.3 Å². The molecule has 1 aromatic carbocycles. The predicted molar refractivity (Wildman–Crippen MR) is 95.0 cm³/mol. The van der Waals surface area contributed by atoms with Gasteiger partial charge in [0.2, 0.25) is 5.91 Å². The highest BCUT2D eigenvalue weighted by Crippen LogP contribution is 2.21. The highest BCUT2D eigenvalue weighted by molar-refractivity contribution is 5.97.